The maximum atomic E-state index is 8.74. The van der Waals surface area contributed by atoms with Crippen LogP contribution in [0.2, 0.25) is 0 Å². The van der Waals surface area contributed by atoms with E-state index in [0.717, 1.165) is 17.1 Å². The summed E-state index contributed by atoms with van der Waals surface area (Å²) in [6.45, 7) is 0. The highest BCUT2D eigenvalue weighted by molar-refractivity contribution is 5.98. The summed E-state index contributed by atoms with van der Waals surface area (Å²) < 4.78 is 0. The molecule has 2 aromatic carbocycles. The van der Waals surface area contributed by atoms with Crippen LogP contribution in [0.5, 0.6) is 0 Å². The van der Waals surface area contributed by atoms with Gasteiger partial charge in [-0.1, -0.05) is 12.1 Å². The Balaban J connectivity index is 1.81. The van der Waals surface area contributed by atoms with Crippen molar-refractivity contribution in [1.82, 2.24) is 5.43 Å². The Bertz CT molecular complexity index is 667. The molecule has 0 amide bonds. The van der Waals surface area contributed by atoms with E-state index in [0.29, 0.717) is 11.5 Å². The molecule has 3 N–H and O–H groups in total. The fraction of sp³-hybridized carbons (Fsp3) is 0. The molecule has 1 heterocycles. The van der Waals surface area contributed by atoms with E-state index in [4.69, 9.17) is 5.26 Å². The number of fused-ring (bicyclic) bond motifs is 1. The first-order valence-electron chi connectivity index (χ1n) is 5.82. The third kappa shape index (κ3) is 2.33. The lowest BCUT2D eigenvalue weighted by Gasteiger charge is -2.20. The number of hydrazine groups is 1. The molecule has 19 heavy (non-hydrogen) atoms. The van der Waals surface area contributed by atoms with Gasteiger partial charge in [-0.05, 0) is 36.4 Å². The summed E-state index contributed by atoms with van der Waals surface area (Å²) in [5.41, 5.74) is 9.35. The number of hydrogen-bond donors (Lipinski definition) is 3. The maximum absolute atomic E-state index is 8.74. The van der Waals surface area contributed by atoms with Crippen LogP contribution < -0.4 is 16.2 Å². The Hall–Kier alpha value is -3.00. The van der Waals surface area contributed by atoms with E-state index in [1.165, 1.54) is 0 Å². The Morgan fingerprint density at radius 3 is 2.58 bits per heavy atom. The highest BCUT2D eigenvalue weighted by Gasteiger charge is 2.09. The first-order chi connectivity index (χ1) is 9.35. The Labute approximate surface area is 110 Å². The van der Waals surface area contributed by atoms with Gasteiger partial charge in [0.15, 0.2) is 0 Å². The Kier molecular flexibility index (Phi) is 2.75. The van der Waals surface area contributed by atoms with E-state index in [9.17, 15) is 0 Å². The van der Waals surface area contributed by atoms with E-state index >= 15 is 0 Å². The molecule has 5 nitrogen and oxygen atoms in total. The number of nitriles is 1. The number of nitrogens with zero attached hydrogens (tertiary/aromatic N) is 2. The molecule has 1 aliphatic heterocycles. The summed E-state index contributed by atoms with van der Waals surface area (Å²) in [6.07, 6.45) is 0. The molecule has 0 unspecified atom stereocenters. The number of rotatable bonds is 1. The Morgan fingerprint density at radius 2 is 1.79 bits per heavy atom. The number of para-hydroxylation sites is 2. The van der Waals surface area contributed by atoms with E-state index in [1.54, 1.807) is 12.1 Å². The van der Waals surface area contributed by atoms with Crippen molar-refractivity contribution in [2.45, 2.75) is 0 Å². The minimum atomic E-state index is 0.614. The number of aliphatic imine (C=N–C) groups is 1. The normalized spacial score (nSPS) is 12.3. The van der Waals surface area contributed by atoms with Gasteiger partial charge in [0.1, 0.15) is 0 Å². The minimum Gasteiger partial charge on any atom is -0.325 e. The smallest absolute Gasteiger partial charge is 0.220 e. The fourth-order valence-corrected chi connectivity index (χ4v) is 1.78. The molecule has 3 rings (SSSR count). The molecule has 5 heteroatoms. The molecule has 0 saturated carbocycles. The molecule has 0 bridgehead atoms. The molecule has 0 atom stereocenters. The minimum absolute atomic E-state index is 0.614. The van der Waals surface area contributed by atoms with Crippen molar-refractivity contribution in [3.05, 3.63) is 54.1 Å². The van der Waals surface area contributed by atoms with Gasteiger partial charge in [-0.2, -0.15) is 5.26 Å². The molecule has 0 aliphatic carbocycles. The molecule has 0 spiro atoms. The molecule has 2 aromatic rings. The summed E-state index contributed by atoms with van der Waals surface area (Å²) in [4.78, 5) is 4.45. The standard InChI is InChI=1S/C14H11N5/c15-9-10-5-7-11(8-6-10)16-14-17-12-3-1-2-4-13(12)18-19-14/h1-8,18H,(H2,16,17,19). The molecule has 0 aromatic heterocycles. The van der Waals surface area contributed by atoms with Gasteiger partial charge < -0.3 is 5.32 Å². The van der Waals surface area contributed by atoms with Crippen molar-refractivity contribution in [3.63, 3.8) is 0 Å². The maximum Gasteiger partial charge on any atom is 0.220 e. The first-order valence-corrected chi connectivity index (χ1v) is 5.82. The predicted octanol–water partition coefficient (Wildman–Crippen LogP) is 2.59. The quantitative estimate of drug-likeness (QED) is 0.726. The third-order valence-electron chi connectivity index (χ3n) is 2.73. The molecular weight excluding hydrogens is 238 g/mol. The van der Waals surface area contributed by atoms with Crippen molar-refractivity contribution >= 4 is 23.0 Å². The van der Waals surface area contributed by atoms with Crippen LogP contribution in [0.1, 0.15) is 5.56 Å². The summed E-state index contributed by atoms with van der Waals surface area (Å²) in [6, 6.07) is 17.0. The lowest BCUT2D eigenvalue weighted by atomic mass is 10.2. The predicted molar refractivity (Wildman–Crippen MR) is 75.1 cm³/mol. The number of hydrogen-bond acceptors (Lipinski definition) is 5. The van der Waals surface area contributed by atoms with Gasteiger partial charge in [0.05, 0.1) is 23.0 Å². The first kappa shape index (κ1) is 11.1. The van der Waals surface area contributed by atoms with Gasteiger partial charge in [0.2, 0.25) is 5.96 Å². The topological polar surface area (TPSA) is 72.2 Å². The van der Waals surface area contributed by atoms with Crippen molar-refractivity contribution in [2.75, 3.05) is 10.7 Å². The highest BCUT2D eigenvalue weighted by Crippen LogP contribution is 2.25. The monoisotopic (exact) mass is 249 g/mol. The van der Waals surface area contributed by atoms with Gasteiger partial charge in [-0.15, -0.1) is 0 Å². The van der Waals surface area contributed by atoms with Gasteiger partial charge in [-0.3, -0.25) is 10.9 Å². The van der Waals surface area contributed by atoms with E-state index in [2.05, 4.69) is 27.2 Å². The van der Waals surface area contributed by atoms with Gasteiger partial charge in [0, 0.05) is 5.69 Å². The zero-order valence-electron chi connectivity index (χ0n) is 10.0. The van der Waals surface area contributed by atoms with Gasteiger partial charge in [-0.25, -0.2) is 4.99 Å². The number of benzene rings is 2. The largest absolute Gasteiger partial charge is 0.325 e. The second-order valence-electron chi connectivity index (χ2n) is 4.04. The summed E-state index contributed by atoms with van der Waals surface area (Å²) in [5.74, 6) is 0.614. The van der Waals surface area contributed by atoms with Crippen LogP contribution >= 0.6 is 0 Å². The van der Waals surface area contributed by atoms with Crippen LogP contribution in [0.25, 0.3) is 0 Å². The van der Waals surface area contributed by atoms with Crippen LogP contribution in [0.3, 0.4) is 0 Å². The van der Waals surface area contributed by atoms with Crippen LogP contribution in [0.4, 0.5) is 17.1 Å². The van der Waals surface area contributed by atoms with Crippen molar-refractivity contribution in [2.24, 2.45) is 4.99 Å². The van der Waals surface area contributed by atoms with E-state index < -0.39 is 0 Å². The van der Waals surface area contributed by atoms with Crippen molar-refractivity contribution in [1.29, 1.82) is 5.26 Å². The van der Waals surface area contributed by atoms with Crippen LogP contribution in [0.15, 0.2) is 53.5 Å². The van der Waals surface area contributed by atoms with Crippen LogP contribution in [-0.2, 0) is 0 Å². The summed E-state index contributed by atoms with van der Waals surface area (Å²) in [5, 5.41) is 11.9. The van der Waals surface area contributed by atoms with Crippen molar-refractivity contribution in [3.8, 4) is 6.07 Å². The summed E-state index contributed by atoms with van der Waals surface area (Å²) in [7, 11) is 0. The zero-order valence-corrected chi connectivity index (χ0v) is 10.0. The lowest BCUT2D eigenvalue weighted by Crippen LogP contribution is -2.37. The zero-order chi connectivity index (χ0) is 13.1. The second kappa shape index (κ2) is 4.70. The average molecular weight is 249 g/mol. The number of nitrogens with one attached hydrogen (secondary N) is 3. The molecular formula is C14H11N5. The molecule has 92 valence electrons. The van der Waals surface area contributed by atoms with Crippen molar-refractivity contribution < 1.29 is 0 Å². The summed E-state index contributed by atoms with van der Waals surface area (Å²) >= 11 is 0. The van der Waals surface area contributed by atoms with Gasteiger partial charge in [0.25, 0.3) is 0 Å². The van der Waals surface area contributed by atoms with E-state index in [-0.39, 0.29) is 0 Å². The molecule has 0 fully saturated rings. The number of guanidine groups is 1. The Morgan fingerprint density at radius 1 is 1.00 bits per heavy atom. The average Bonchev–Trinajstić information content (AvgIpc) is 2.48. The van der Waals surface area contributed by atoms with Gasteiger partial charge >= 0.3 is 0 Å². The highest BCUT2D eigenvalue weighted by atomic mass is 15.4. The third-order valence-corrected chi connectivity index (χ3v) is 2.73. The van der Waals surface area contributed by atoms with Crippen LogP contribution in [-0.4, -0.2) is 5.96 Å². The second-order valence-corrected chi connectivity index (χ2v) is 4.04. The SMILES string of the molecule is N#Cc1ccc(NC2=Nc3ccccc3NN2)cc1. The lowest BCUT2D eigenvalue weighted by molar-refractivity contribution is 1.08. The van der Waals surface area contributed by atoms with Crippen LogP contribution in [0, 0.1) is 11.3 Å². The molecule has 1 aliphatic rings. The number of anilines is 2. The fourth-order valence-electron chi connectivity index (χ4n) is 1.78. The molecule has 0 saturated heterocycles. The molecule has 0 radical (unpaired) electrons. The van der Waals surface area contributed by atoms with E-state index in [1.807, 2.05) is 36.4 Å².